The Balaban J connectivity index is 3.10. The first-order valence-corrected chi connectivity index (χ1v) is 9.52. The van der Waals surface area contributed by atoms with E-state index in [-0.39, 0.29) is 23.2 Å². The monoisotopic (exact) mass is 353 g/mol. The molecule has 0 aliphatic heterocycles. The van der Waals surface area contributed by atoms with Crippen molar-refractivity contribution in [2.75, 3.05) is 11.9 Å². The molecule has 0 saturated heterocycles. The quantitative estimate of drug-likeness (QED) is 0.663. The highest BCUT2D eigenvalue weighted by molar-refractivity contribution is 7.16. The first kappa shape index (κ1) is 20.7. The third-order valence-corrected chi connectivity index (χ3v) is 5.23. The third-order valence-electron chi connectivity index (χ3n) is 3.95. The molecule has 1 aromatic rings. The van der Waals surface area contributed by atoms with Gasteiger partial charge < -0.3 is 10.1 Å². The van der Waals surface area contributed by atoms with Gasteiger partial charge in [0.1, 0.15) is 5.00 Å². The minimum Gasteiger partial charge on any atom is -0.462 e. The van der Waals surface area contributed by atoms with Gasteiger partial charge in [-0.15, -0.1) is 11.3 Å². The van der Waals surface area contributed by atoms with E-state index < -0.39 is 0 Å². The van der Waals surface area contributed by atoms with E-state index >= 15 is 0 Å². The van der Waals surface area contributed by atoms with Gasteiger partial charge in [-0.2, -0.15) is 0 Å². The molecule has 0 unspecified atom stereocenters. The van der Waals surface area contributed by atoms with Gasteiger partial charge in [0.25, 0.3) is 0 Å². The Bertz CT molecular complexity index is 572. The van der Waals surface area contributed by atoms with Crippen LogP contribution in [0.4, 0.5) is 5.00 Å². The second-order valence-corrected chi connectivity index (χ2v) is 8.66. The minimum atomic E-state index is -0.373. The van der Waals surface area contributed by atoms with E-state index in [1.54, 1.807) is 6.92 Å². The van der Waals surface area contributed by atoms with Gasteiger partial charge in [-0.3, -0.25) is 4.79 Å². The number of amides is 1. The normalized spacial score (nSPS) is 14.1. The van der Waals surface area contributed by atoms with Crippen molar-refractivity contribution in [2.45, 2.75) is 67.2 Å². The Hall–Kier alpha value is -1.36. The van der Waals surface area contributed by atoms with E-state index in [2.05, 4.69) is 33.0 Å². The maximum atomic E-state index is 12.2. The van der Waals surface area contributed by atoms with Crippen LogP contribution in [0, 0.1) is 11.3 Å². The summed E-state index contributed by atoms with van der Waals surface area (Å²) in [6.07, 6.45) is 1.77. The first-order chi connectivity index (χ1) is 11.1. The molecular formula is C19H31NO3S. The van der Waals surface area contributed by atoms with Crippen molar-refractivity contribution in [3.63, 3.8) is 0 Å². The van der Waals surface area contributed by atoms with Crippen molar-refractivity contribution in [3.8, 4) is 0 Å². The predicted molar refractivity (Wildman–Crippen MR) is 101 cm³/mol. The molecule has 136 valence electrons. The summed E-state index contributed by atoms with van der Waals surface area (Å²) in [4.78, 5) is 25.6. The molecule has 1 heterocycles. The second kappa shape index (κ2) is 8.65. The Labute approximate surface area is 150 Å². The van der Waals surface area contributed by atoms with Crippen molar-refractivity contribution in [3.05, 3.63) is 16.5 Å². The van der Waals surface area contributed by atoms with Crippen molar-refractivity contribution >= 4 is 28.2 Å². The highest BCUT2D eigenvalue weighted by Gasteiger charge is 2.24. The minimum absolute atomic E-state index is 0.0556. The molecule has 4 nitrogen and oxygen atoms in total. The zero-order valence-electron chi connectivity index (χ0n) is 16.0. The molecule has 0 spiro atoms. The zero-order chi connectivity index (χ0) is 18.5. The van der Waals surface area contributed by atoms with Gasteiger partial charge in [-0.1, -0.05) is 41.5 Å². The summed E-state index contributed by atoms with van der Waals surface area (Å²) < 4.78 is 5.15. The van der Waals surface area contributed by atoms with Gasteiger partial charge in [0.05, 0.1) is 12.2 Å². The molecule has 2 atom stereocenters. The van der Waals surface area contributed by atoms with Crippen LogP contribution in [-0.4, -0.2) is 18.5 Å². The van der Waals surface area contributed by atoms with Crippen LogP contribution in [0.25, 0.3) is 0 Å². The van der Waals surface area contributed by atoms with Crippen LogP contribution in [0.1, 0.15) is 82.5 Å². The summed E-state index contributed by atoms with van der Waals surface area (Å²) in [5.41, 5.74) is 0.669. The molecule has 5 heteroatoms. The number of ether oxygens (including phenoxy) is 1. The Morgan fingerprint density at radius 3 is 2.38 bits per heavy atom. The van der Waals surface area contributed by atoms with E-state index in [0.29, 0.717) is 23.1 Å². The molecule has 0 radical (unpaired) electrons. The molecule has 0 aliphatic carbocycles. The van der Waals surface area contributed by atoms with Crippen molar-refractivity contribution in [1.82, 2.24) is 0 Å². The number of hydrogen-bond acceptors (Lipinski definition) is 4. The van der Waals surface area contributed by atoms with Crippen LogP contribution in [-0.2, 0) is 9.53 Å². The topological polar surface area (TPSA) is 55.4 Å². The predicted octanol–water partition coefficient (Wildman–Crippen LogP) is 5.45. The smallest absolute Gasteiger partial charge is 0.341 e. The lowest BCUT2D eigenvalue weighted by molar-refractivity contribution is -0.119. The van der Waals surface area contributed by atoms with Crippen LogP contribution in [0.15, 0.2) is 6.07 Å². The average molecular weight is 354 g/mol. The largest absolute Gasteiger partial charge is 0.462 e. The molecule has 0 aromatic carbocycles. The van der Waals surface area contributed by atoms with Gasteiger partial charge in [0.2, 0.25) is 5.91 Å². The van der Waals surface area contributed by atoms with Crippen LogP contribution in [0.5, 0.6) is 0 Å². The molecule has 0 aliphatic rings. The molecule has 1 amide bonds. The van der Waals surface area contributed by atoms with Gasteiger partial charge >= 0.3 is 5.97 Å². The molecule has 1 aromatic heterocycles. The molecular weight excluding hydrogens is 322 g/mol. The fourth-order valence-corrected chi connectivity index (χ4v) is 3.65. The highest BCUT2D eigenvalue weighted by Crippen LogP contribution is 2.38. The number of carbonyl (C=O) groups excluding carboxylic acids is 2. The molecule has 1 rings (SSSR count). The number of nitrogens with one attached hydrogen (secondary N) is 1. The van der Waals surface area contributed by atoms with E-state index in [1.165, 1.54) is 11.3 Å². The Morgan fingerprint density at radius 2 is 1.88 bits per heavy atom. The van der Waals surface area contributed by atoms with Gasteiger partial charge in [0, 0.05) is 10.8 Å². The lowest BCUT2D eigenvalue weighted by Crippen LogP contribution is -2.20. The van der Waals surface area contributed by atoms with E-state index in [9.17, 15) is 9.59 Å². The van der Waals surface area contributed by atoms with E-state index in [1.807, 2.05) is 19.9 Å². The Morgan fingerprint density at radius 1 is 1.25 bits per heavy atom. The number of rotatable bonds is 7. The zero-order valence-corrected chi connectivity index (χ0v) is 16.8. The van der Waals surface area contributed by atoms with Crippen molar-refractivity contribution in [1.29, 1.82) is 0 Å². The SMILES string of the molecule is CCOC(=O)c1cc([C@@H](C)CC(C)(C)C)sc1NC(=O)[C@H](C)CC. The highest BCUT2D eigenvalue weighted by atomic mass is 32.1. The molecule has 1 N–H and O–H groups in total. The number of carbonyl (C=O) groups is 2. The lowest BCUT2D eigenvalue weighted by Gasteiger charge is -2.22. The summed E-state index contributed by atoms with van der Waals surface area (Å²) in [7, 11) is 0. The summed E-state index contributed by atoms with van der Waals surface area (Å²) in [6.45, 7) is 14.7. The number of esters is 1. The lowest BCUT2D eigenvalue weighted by atomic mass is 9.85. The summed E-state index contributed by atoms with van der Waals surface area (Å²) in [5.74, 6) is -0.197. The van der Waals surface area contributed by atoms with Crippen LogP contribution < -0.4 is 5.32 Å². The number of anilines is 1. The van der Waals surface area contributed by atoms with Crippen LogP contribution in [0.3, 0.4) is 0 Å². The van der Waals surface area contributed by atoms with Gasteiger partial charge in [-0.25, -0.2) is 4.79 Å². The summed E-state index contributed by atoms with van der Waals surface area (Å²) in [6, 6.07) is 1.88. The summed E-state index contributed by atoms with van der Waals surface area (Å²) in [5, 5.41) is 3.52. The maximum Gasteiger partial charge on any atom is 0.341 e. The van der Waals surface area contributed by atoms with Crippen molar-refractivity contribution < 1.29 is 14.3 Å². The fourth-order valence-electron chi connectivity index (χ4n) is 2.55. The van der Waals surface area contributed by atoms with Crippen LogP contribution >= 0.6 is 11.3 Å². The fraction of sp³-hybridized carbons (Fsp3) is 0.684. The number of thiophene rings is 1. The maximum absolute atomic E-state index is 12.2. The van der Waals surface area contributed by atoms with E-state index in [4.69, 9.17) is 4.74 Å². The first-order valence-electron chi connectivity index (χ1n) is 8.70. The molecule has 0 saturated carbocycles. The summed E-state index contributed by atoms with van der Waals surface area (Å²) >= 11 is 1.49. The van der Waals surface area contributed by atoms with E-state index in [0.717, 1.165) is 17.7 Å². The second-order valence-electron chi connectivity index (χ2n) is 7.58. The van der Waals surface area contributed by atoms with Crippen molar-refractivity contribution in [2.24, 2.45) is 11.3 Å². The standard InChI is InChI=1S/C19H31NO3S/c1-8-12(3)16(21)20-17-14(18(22)23-9-2)10-15(24-17)13(4)11-19(5,6)7/h10,12-13H,8-9,11H2,1-7H3,(H,20,21)/t12-,13+/m1/s1. The average Bonchev–Trinajstić information content (AvgIpc) is 2.89. The van der Waals surface area contributed by atoms with Gasteiger partial charge in [-0.05, 0) is 37.2 Å². The molecule has 24 heavy (non-hydrogen) atoms. The molecule has 0 fully saturated rings. The number of hydrogen-bond donors (Lipinski definition) is 1. The molecule has 0 bridgehead atoms. The van der Waals surface area contributed by atoms with Gasteiger partial charge in [0.15, 0.2) is 0 Å². The third kappa shape index (κ3) is 5.93. The Kier molecular flexibility index (Phi) is 7.46. The van der Waals surface area contributed by atoms with Crippen LogP contribution in [0.2, 0.25) is 0 Å².